The summed E-state index contributed by atoms with van der Waals surface area (Å²) in [5.41, 5.74) is 0.229. The van der Waals surface area contributed by atoms with Gasteiger partial charge in [0.05, 0.1) is 5.39 Å². The summed E-state index contributed by atoms with van der Waals surface area (Å²) in [7, 11) is 0. The van der Waals surface area contributed by atoms with Crippen LogP contribution in [0.5, 0.6) is 0 Å². The highest BCUT2D eigenvalue weighted by Gasteiger charge is 2.13. The molecule has 2 aromatic rings. The van der Waals surface area contributed by atoms with Crippen molar-refractivity contribution in [3.63, 3.8) is 0 Å². The van der Waals surface area contributed by atoms with Crippen molar-refractivity contribution in [2.75, 3.05) is 0 Å². The van der Waals surface area contributed by atoms with E-state index in [1.165, 1.54) is 0 Å². The summed E-state index contributed by atoms with van der Waals surface area (Å²) >= 11 is 0. The summed E-state index contributed by atoms with van der Waals surface area (Å²) in [6, 6.07) is 6.99. The average Bonchev–Trinajstić information content (AvgIpc) is 2.42. The number of carbonyl (C=O) groups excluding carboxylic acids is 1. The summed E-state index contributed by atoms with van der Waals surface area (Å²) < 4.78 is 1.09. The third-order valence-corrected chi connectivity index (χ3v) is 3.31. The van der Waals surface area contributed by atoms with Crippen LogP contribution < -0.4 is 10.9 Å². The van der Waals surface area contributed by atoms with Gasteiger partial charge in [-0.05, 0) is 25.0 Å². The van der Waals surface area contributed by atoms with Crippen molar-refractivity contribution in [3.8, 4) is 0 Å². The van der Waals surface area contributed by atoms with Crippen molar-refractivity contribution in [3.05, 3.63) is 34.6 Å². The van der Waals surface area contributed by atoms with Gasteiger partial charge in [-0.25, -0.2) is 4.68 Å². The highest BCUT2D eigenvalue weighted by molar-refractivity contribution is 5.78. The Morgan fingerprint density at radius 1 is 1.30 bits per heavy atom. The maximum absolute atomic E-state index is 12.2. The van der Waals surface area contributed by atoms with Gasteiger partial charge in [-0.3, -0.25) is 9.59 Å². The van der Waals surface area contributed by atoms with E-state index < -0.39 is 0 Å². The fraction of sp³-hybridized carbons (Fsp3) is 0.429. The molecule has 0 bridgehead atoms. The molecule has 1 aromatic carbocycles. The van der Waals surface area contributed by atoms with E-state index in [2.05, 4.69) is 15.6 Å². The van der Waals surface area contributed by atoms with E-state index in [4.69, 9.17) is 0 Å². The maximum atomic E-state index is 12.2. The van der Waals surface area contributed by atoms with Gasteiger partial charge >= 0.3 is 0 Å². The lowest BCUT2D eigenvalue weighted by Gasteiger charge is -2.17. The quantitative estimate of drug-likeness (QED) is 0.900. The molecule has 2 rings (SSSR count). The van der Waals surface area contributed by atoms with E-state index in [1.54, 1.807) is 24.3 Å². The zero-order chi connectivity index (χ0) is 14.7. The number of nitrogens with one attached hydrogen (secondary N) is 1. The Kier molecular flexibility index (Phi) is 4.12. The predicted molar refractivity (Wildman–Crippen MR) is 76.2 cm³/mol. The first kappa shape index (κ1) is 14.2. The van der Waals surface area contributed by atoms with Gasteiger partial charge in [0.25, 0.3) is 5.56 Å². The Bertz CT molecular complexity index is 678. The van der Waals surface area contributed by atoms with Crippen LogP contribution in [0.25, 0.3) is 10.9 Å². The molecule has 6 heteroatoms. The largest absolute Gasteiger partial charge is 0.352 e. The molecule has 1 unspecified atom stereocenters. The Balaban J connectivity index is 2.20. The normalized spacial score (nSPS) is 12.6. The fourth-order valence-electron chi connectivity index (χ4n) is 1.73. The minimum absolute atomic E-state index is 0.0478. The van der Waals surface area contributed by atoms with Gasteiger partial charge in [0.15, 0.2) is 0 Å². The van der Waals surface area contributed by atoms with Gasteiger partial charge in [0.2, 0.25) is 5.91 Å². The van der Waals surface area contributed by atoms with E-state index >= 15 is 0 Å². The molecule has 0 aliphatic carbocycles. The minimum atomic E-state index is -0.303. The van der Waals surface area contributed by atoms with E-state index in [9.17, 15) is 9.59 Å². The van der Waals surface area contributed by atoms with Crippen molar-refractivity contribution < 1.29 is 4.79 Å². The Morgan fingerprint density at radius 2 is 2.00 bits per heavy atom. The summed E-state index contributed by atoms with van der Waals surface area (Å²) in [6.07, 6.45) is 0. The predicted octanol–water partition coefficient (Wildman–Crippen LogP) is 0.952. The van der Waals surface area contributed by atoms with E-state index in [0.29, 0.717) is 16.8 Å². The van der Waals surface area contributed by atoms with Crippen LogP contribution in [0.2, 0.25) is 0 Å². The summed E-state index contributed by atoms with van der Waals surface area (Å²) in [4.78, 5) is 24.0. The molecule has 1 amide bonds. The van der Waals surface area contributed by atoms with Crippen LogP contribution in [-0.2, 0) is 11.3 Å². The molecule has 0 saturated carbocycles. The average molecular weight is 274 g/mol. The summed E-state index contributed by atoms with van der Waals surface area (Å²) in [5.74, 6) is 0.0937. The molecule has 106 valence electrons. The van der Waals surface area contributed by atoms with Crippen LogP contribution in [0.4, 0.5) is 0 Å². The molecule has 1 heterocycles. The van der Waals surface area contributed by atoms with Gasteiger partial charge < -0.3 is 5.32 Å². The number of hydrogen-bond donors (Lipinski definition) is 1. The molecule has 0 aliphatic rings. The summed E-state index contributed by atoms with van der Waals surface area (Å²) in [6.45, 7) is 5.85. The zero-order valence-electron chi connectivity index (χ0n) is 11.8. The van der Waals surface area contributed by atoms with Gasteiger partial charge in [-0.1, -0.05) is 31.2 Å². The number of hydrogen-bond acceptors (Lipinski definition) is 4. The number of carbonyl (C=O) groups is 1. The Hall–Kier alpha value is -2.24. The van der Waals surface area contributed by atoms with Gasteiger partial charge in [0.1, 0.15) is 12.1 Å². The first-order valence-electron chi connectivity index (χ1n) is 6.61. The zero-order valence-corrected chi connectivity index (χ0v) is 11.8. The standard InChI is InChI=1S/C14H18N4O2/c1-9(2)10(3)15-13(19)8-18-14(20)11-6-4-5-7-12(11)16-17-18/h4-7,9-10H,8H2,1-3H3,(H,15,19). The third kappa shape index (κ3) is 3.01. The van der Waals surface area contributed by atoms with E-state index in [0.717, 1.165) is 4.68 Å². The highest BCUT2D eigenvalue weighted by atomic mass is 16.2. The lowest BCUT2D eigenvalue weighted by molar-refractivity contribution is -0.122. The lowest BCUT2D eigenvalue weighted by Crippen LogP contribution is -2.40. The molecule has 1 N–H and O–H groups in total. The topological polar surface area (TPSA) is 76.9 Å². The number of nitrogens with zero attached hydrogens (tertiary/aromatic N) is 3. The van der Waals surface area contributed by atoms with Crippen LogP contribution in [0.1, 0.15) is 20.8 Å². The summed E-state index contributed by atoms with van der Waals surface area (Å²) in [5, 5.41) is 11.0. The smallest absolute Gasteiger partial charge is 0.278 e. The van der Waals surface area contributed by atoms with Gasteiger partial charge in [0, 0.05) is 6.04 Å². The number of amides is 1. The number of aromatic nitrogens is 3. The monoisotopic (exact) mass is 274 g/mol. The molecule has 0 aliphatic heterocycles. The molecule has 0 spiro atoms. The Labute approximate surface area is 116 Å². The second-order valence-electron chi connectivity index (χ2n) is 5.17. The molecule has 6 nitrogen and oxygen atoms in total. The van der Waals surface area contributed by atoms with Crippen LogP contribution >= 0.6 is 0 Å². The van der Waals surface area contributed by atoms with Crippen molar-refractivity contribution in [1.82, 2.24) is 20.3 Å². The fourth-order valence-corrected chi connectivity index (χ4v) is 1.73. The van der Waals surface area contributed by atoms with Gasteiger partial charge in [-0.15, -0.1) is 5.10 Å². The van der Waals surface area contributed by atoms with E-state index in [-0.39, 0.29) is 24.1 Å². The maximum Gasteiger partial charge on any atom is 0.278 e. The molecule has 0 fully saturated rings. The molecule has 20 heavy (non-hydrogen) atoms. The number of fused-ring (bicyclic) bond motifs is 1. The van der Waals surface area contributed by atoms with Crippen LogP contribution in [0.3, 0.4) is 0 Å². The first-order valence-corrected chi connectivity index (χ1v) is 6.61. The van der Waals surface area contributed by atoms with Crippen molar-refractivity contribution >= 4 is 16.8 Å². The third-order valence-electron chi connectivity index (χ3n) is 3.31. The van der Waals surface area contributed by atoms with Crippen LogP contribution in [0, 0.1) is 5.92 Å². The lowest BCUT2D eigenvalue weighted by atomic mass is 10.1. The molecule has 1 atom stereocenters. The minimum Gasteiger partial charge on any atom is -0.352 e. The van der Waals surface area contributed by atoms with Gasteiger partial charge in [-0.2, -0.15) is 0 Å². The SMILES string of the molecule is CC(C)C(C)NC(=O)Cn1nnc2ccccc2c1=O. The number of rotatable bonds is 4. The van der Waals surface area contributed by atoms with E-state index in [1.807, 2.05) is 20.8 Å². The molecule has 1 aromatic heterocycles. The highest BCUT2D eigenvalue weighted by Crippen LogP contribution is 2.03. The second kappa shape index (κ2) is 5.81. The first-order chi connectivity index (χ1) is 9.49. The molecular weight excluding hydrogens is 256 g/mol. The van der Waals surface area contributed by atoms with Crippen LogP contribution in [0.15, 0.2) is 29.1 Å². The Morgan fingerprint density at radius 3 is 2.70 bits per heavy atom. The number of benzene rings is 1. The van der Waals surface area contributed by atoms with Crippen molar-refractivity contribution in [1.29, 1.82) is 0 Å². The molecule has 0 saturated heterocycles. The molecule has 0 radical (unpaired) electrons. The second-order valence-corrected chi connectivity index (χ2v) is 5.17. The van der Waals surface area contributed by atoms with Crippen molar-refractivity contribution in [2.24, 2.45) is 5.92 Å². The van der Waals surface area contributed by atoms with Crippen LogP contribution in [-0.4, -0.2) is 26.9 Å². The van der Waals surface area contributed by atoms with Crippen molar-refractivity contribution in [2.45, 2.75) is 33.4 Å². The molecular formula is C14H18N4O2.